The summed E-state index contributed by atoms with van der Waals surface area (Å²) < 4.78 is 2.02. The lowest BCUT2D eigenvalue weighted by Crippen LogP contribution is -2.55. The molecule has 230 valence electrons. The number of nitrogen functional groups attached to an aromatic ring is 1. The summed E-state index contributed by atoms with van der Waals surface area (Å²) in [4.78, 5) is 42.9. The number of likely N-dealkylation sites (tertiary alicyclic amines) is 1. The van der Waals surface area contributed by atoms with E-state index in [2.05, 4.69) is 55.3 Å². The molecule has 1 fully saturated rings. The van der Waals surface area contributed by atoms with Gasteiger partial charge in [-0.25, -0.2) is 9.97 Å². The average Bonchev–Trinajstić information content (AvgIpc) is 3.60. The molecule has 2 amide bonds. The van der Waals surface area contributed by atoms with Gasteiger partial charge in [0.2, 0.25) is 5.91 Å². The molecule has 0 atom stereocenters. The standard InChI is InChI=1S/C30H39N9O2.C2H6/c1-6-37(7-2)25(40)17-39-14-11-23-22(9-8-10-24(23)39)21(5)38-15-12-30(13-16-38)18-32-29(36-30)35-28(41)26-19(3)34-27(31)20(4)33-26;1-2/h8-11,14H,5-7,12-13,15-18H2,1-4H3,(H2,31,34)(H2,32,35,36,41);1-2H3. The van der Waals surface area contributed by atoms with Gasteiger partial charge in [0.25, 0.3) is 5.91 Å². The van der Waals surface area contributed by atoms with E-state index in [0.717, 1.165) is 48.1 Å². The van der Waals surface area contributed by atoms with Crippen molar-refractivity contribution in [2.45, 2.75) is 66.5 Å². The molecule has 11 nitrogen and oxygen atoms in total. The summed E-state index contributed by atoms with van der Waals surface area (Å²) in [5.41, 5.74) is 9.92. The van der Waals surface area contributed by atoms with Crippen LogP contribution in [0, 0.1) is 13.8 Å². The molecule has 11 heteroatoms. The van der Waals surface area contributed by atoms with Crippen LogP contribution in [0.15, 0.2) is 42.0 Å². The number of benzene rings is 1. The highest BCUT2D eigenvalue weighted by molar-refractivity contribution is 6.06. The zero-order chi connectivity index (χ0) is 31.3. The zero-order valence-electron chi connectivity index (χ0n) is 26.3. The number of fused-ring (bicyclic) bond motifs is 1. The van der Waals surface area contributed by atoms with E-state index in [1.165, 1.54) is 0 Å². The number of nitrogens with zero attached hydrogens (tertiary/aromatic N) is 6. The lowest BCUT2D eigenvalue weighted by atomic mass is 9.87. The van der Waals surface area contributed by atoms with Gasteiger partial charge in [0, 0.05) is 54.5 Å². The second-order valence-corrected chi connectivity index (χ2v) is 10.8. The third-order valence-corrected chi connectivity index (χ3v) is 8.30. The number of nitrogens with two attached hydrogens (primary N) is 1. The topological polar surface area (TPSA) is 134 Å². The van der Waals surface area contributed by atoms with Crippen LogP contribution in [0.1, 0.15) is 68.0 Å². The number of aromatic nitrogens is 3. The quantitative estimate of drug-likeness (QED) is 0.384. The molecular weight excluding hydrogens is 542 g/mol. The Kier molecular flexibility index (Phi) is 9.73. The number of amides is 2. The largest absolute Gasteiger partial charge is 0.382 e. The van der Waals surface area contributed by atoms with E-state index in [0.29, 0.717) is 49.3 Å². The van der Waals surface area contributed by atoms with Gasteiger partial charge in [0.1, 0.15) is 18.1 Å². The van der Waals surface area contributed by atoms with E-state index in [1.807, 2.05) is 49.4 Å². The van der Waals surface area contributed by atoms with Gasteiger partial charge >= 0.3 is 0 Å². The molecule has 43 heavy (non-hydrogen) atoms. The second kappa shape index (κ2) is 13.3. The Labute approximate surface area is 254 Å². The number of carbonyl (C=O) groups excluding carboxylic acids is 2. The summed E-state index contributed by atoms with van der Waals surface area (Å²) >= 11 is 0. The van der Waals surface area contributed by atoms with Crippen molar-refractivity contribution in [3.63, 3.8) is 0 Å². The molecule has 0 aliphatic carbocycles. The summed E-state index contributed by atoms with van der Waals surface area (Å²) in [5.74, 6) is 0.544. The van der Waals surface area contributed by atoms with E-state index in [-0.39, 0.29) is 23.0 Å². The van der Waals surface area contributed by atoms with Gasteiger partial charge in [-0.2, -0.15) is 0 Å². The number of aliphatic imine (C=N–C) groups is 1. The van der Waals surface area contributed by atoms with Crippen LogP contribution in [0.2, 0.25) is 0 Å². The molecule has 0 unspecified atom stereocenters. The molecule has 3 aromatic rings. The minimum Gasteiger partial charge on any atom is -0.382 e. The number of anilines is 1. The fourth-order valence-corrected chi connectivity index (χ4v) is 5.73. The Morgan fingerprint density at radius 3 is 2.47 bits per heavy atom. The number of rotatable bonds is 7. The van der Waals surface area contributed by atoms with Crippen molar-refractivity contribution in [3.8, 4) is 0 Å². The molecule has 1 saturated heterocycles. The monoisotopic (exact) mass is 587 g/mol. The number of piperidine rings is 1. The molecule has 0 bridgehead atoms. The average molecular weight is 588 g/mol. The molecule has 4 heterocycles. The van der Waals surface area contributed by atoms with Crippen molar-refractivity contribution in [1.82, 2.24) is 35.0 Å². The van der Waals surface area contributed by atoms with E-state index >= 15 is 0 Å². The first-order valence-corrected chi connectivity index (χ1v) is 15.2. The summed E-state index contributed by atoms with van der Waals surface area (Å²) in [7, 11) is 0. The third-order valence-electron chi connectivity index (χ3n) is 8.30. The van der Waals surface area contributed by atoms with Crippen molar-refractivity contribution in [1.29, 1.82) is 0 Å². The maximum absolute atomic E-state index is 12.9. The van der Waals surface area contributed by atoms with Gasteiger partial charge < -0.3 is 25.4 Å². The molecule has 2 aromatic heterocycles. The van der Waals surface area contributed by atoms with Crippen LogP contribution < -0.4 is 16.4 Å². The molecule has 2 aliphatic heterocycles. The number of nitrogens with one attached hydrogen (secondary N) is 2. The molecule has 5 rings (SSSR count). The maximum atomic E-state index is 12.9. The molecule has 4 N–H and O–H groups in total. The van der Waals surface area contributed by atoms with E-state index < -0.39 is 0 Å². The van der Waals surface area contributed by atoms with Crippen molar-refractivity contribution in [2.75, 3.05) is 38.5 Å². The van der Waals surface area contributed by atoms with Crippen LogP contribution in [-0.4, -0.2) is 80.4 Å². The number of carbonyl (C=O) groups is 2. The van der Waals surface area contributed by atoms with Gasteiger partial charge in [-0.3, -0.25) is 19.9 Å². The summed E-state index contributed by atoms with van der Waals surface area (Å²) in [6.07, 6.45) is 3.69. The number of likely N-dealkylation sites (N-methyl/N-ethyl adjacent to an activating group) is 1. The maximum Gasteiger partial charge on any atom is 0.278 e. The third kappa shape index (κ3) is 6.50. The Morgan fingerprint density at radius 2 is 1.79 bits per heavy atom. The normalized spacial score (nSPS) is 15.4. The first-order chi connectivity index (χ1) is 20.6. The Hall–Kier alpha value is -4.41. The van der Waals surface area contributed by atoms with Gasteiger partial charge in [-0.05, 0) is 52.7 Å². The van der Waals surface area contributed by atoms with Crippen molar-refractivity contribution in [2.24, 2.45) is 4.99 Å². The van der Waals surface area contributed by atoms with Crippen LogP contribution in [0.4, 0.5) is 5.82 Å². The van der Waals surface area contributed by atoms with Crippen molar-refractivity contribution < 1.29 is 9.59 Å². The van der Waals surface area contributed by atoms with Crippen LogP contribution in [0.5, 0.6) is 0 Å². The lowest BCUT2D eigenvalue weighted by Gasteiger charge is -2.41. The summed E-state index contributed by atoms with van der Waals surface area (Å²) in [6.45, 7) is 19.8. The highest BCUT2D eigenvalue weighted by Gasteiger charge is 2.39. The molecular formula is C32H45N9O2. The number of hydrogen-bond acceptors (Lipinski definition) is 8. The Bertz CT molecular complexity index is 1530. The molecule has 0 saturated carbocycles. The van der Waals surface area contributed by atoms with Gasteiger partial charge in [0.05, 0.1) is 23.5 Å². The first-order valence-electron chi connectivity index (χ1n) is 15.2. The van der Waals surface area contributed by atoms with Crippen molar-refractivity contribution >= 4 is 40.2 Å². The summed E-state index contributed by atoms with van der Waals surface area (Å²) in [6, 6.07) is 8.26. The minimum atomic E-state index is -0.356. The fraction of sp³-hybridized carbons (Fsp3) is 0.469. The lowest BCUT2D eigenvalue weighted by molar-refractivity contribution is -0.131. The van der Waals surface area contributed by atoms with Crippen LogP contribution in [0.25, 0.3) is 16.6 Å². The molecule has 2 aliphatic rings. The Balaban J connectivity index is 0.00000207. The van der Waals surface area contributed by atoms with Crippen LogP contribution in [-0.2, 0) is 11.3 Å². The van der Waals surface area contributed by atoms with E-state index in [4.69, 9.17) is 5.73 Å². The highest BCUT2D eigenvalue weighted by Crippen LogP contribution is 2.33. The number of hydrogen-bond donors (Lipinski definition) is 3. The predicted molar refractivity (Wildman–Crippen MR) is 173 cm³/mol. The van der Waals surface area contributed by atoms with Gasteiger partial charge in [-0.15, -0.1) is 0 Å². The van der Waals surface area contributed by atoms with Crippen LogP contribution in [0.3, 0.4) is 0 Å². The van der Waals surface area contributed by atoms with Gasteiger partial charge in [0.15, 0.2) is 5.96 Å². The number of guanidine groups is 1. The molecule has 0 radical (unpaired) electrons. The second-order valence-electron chi connectivity index (χ2n) is 10.8. The molecule has 1 spiro atoms. The first kappa shape index (κ1) is 31.5. The Morgan fingerprint density at radius 1 is 1.09 bits per heavy atom. The smallest absolute Gasteiger partial charge is 0.278 e. The fourth-order valence-electron chi connectivity index (χ4n) is 5.73. The summed E-state index contributed by atoms with van der Waals surface area (Å²) in [5, 5.41) is 7.42. The zero-order valence-corrected chi connectivity index (χ0v) is 26.3. The van der Waals surface area contributed by atoms with Crippen molar-refractivity contribution in [3.05, 3.63) is 59.7 Å². The van der Waals surface area contributed by atoms with E-state index in [1.54, 1.807) is 13.8 Å². The number of aryl methyl sites for hydroxylation is 2. The van der Waals surface area contributed by atoms with E-state index in [9.17, 15) is 9.59 Å². The predicted octanol–water partition coefficient (Wildman–Crippen LogP) is 3.72. The SMILES string of the molecule is C=C(c1cccc2c1ccn2CC(=O)N(CC)CC)N1CCC2(CC1)CN=C(NC(=O)c1nc(C)c(N)nc1C)N2.CC. The highest BCUT2D eigenvalue weighted by atomic mass is 16.2. The minimum absolute atomic E-state index is 0.117. The molecule has 1 aromatic carbocycles. The van der Waals surface area contributed by atoms with Crippen LogP contribution >= 0.6 is 0 Å². The van der Waals surface area contributed by atoms with Gasteiger partial charge in [-0.1, -0.05) is 32.6 Å².